The third-order valence-electron chi connectivity index (χ3n) is 2.10. The second kappa shape index (κ2) is 3.39. The van der Waals surface area contributed by atoms with Gasteiger partial charge in [-0.15, -0.1) is 0 Å². The number of hydrazone groups is 1. The zero-order valence-corrected chi connectivity index (χ0v) is 8.37. The van der Waals surface area contributed by atoms with Gasteiger partial charge in [0.05, 0.1) is 0 Å². The molecule has 0 bridgehead atoms. The summed E-state index contributed by atoms with van der Waals surface area (Å²) in [6.45, 7) is 4.49. The van der Waals surface area contributed by atoms with Crippen LogP contribution in [0.15, 0.2) is 5.10 Å². The van der Waals surface area contributed by atoms with Gasteiger partial charge in [0.25, 0.3) is 0 Å². The lowest BCUT2D eigenvalue weighted by atomic mass is 9.92. The van der Waals surface area contributed by atoms with Crippen LogP contribution in [0, 0.1) is 5.41 Å². The molecule has 1 aliphatic carbocycles. The molecule has 0 heterocycles. The summed E-state index contributed by atoms with van der Waals surface area (Å²) in [5.74, 6) is 0. The van der Waals surface area contributed by atoms with Crippen LogP contribution in [-0.2, 0) is 0 Å². The van der Waals surface area contributed by atoms with Crippen molar-refractivity contribution >= 4 is 23.0 Å². The first kappa shape index (κ1) is 9.45. The fourth-order valence-corrected chi connectivity index (χ4v) is 1.49. The maximum atomic E-state index is 5.25. The van der Waals surface area contributed by atoms with Crippen LogP contribution in [0.1, 0.15) is 33.1 Å². The van der Waals surface area contributed by atoms with Crippen LogP contribution in [0.3, 0.4) is 0 Å². The SMILES string of the molecule is CC1(C)CCC(=NNC(N)=S)C1. The van der Waals surface area contributed by atoms with Crippen LogP contribution in [0.4, 0.5) is 0 Å². The van der Waals surface area contributed by atoms with Crippen molar-refractivity contribution in [3.05, 3.63) is 0 Å². The van der Waals surface area contributed by atoms with E-state index < -0.39 is 0 Å². The summed E-state index contributed by atoms with van der Waals surface area (Å²) in [4.78, 5) is 0. The summed E-state index contributed by atoms with van der Waals surface area (Å²) >= 11 is 4.65. The predicted molar refractivity (Wildman–Crippen MR) is 55.0 cm³/mol. The zero-order valence-electron chi connectivity index (χ0n) is 7.55. The van der Waals surface area contributed by atoms with Gasteiger partial charge < -0.3 is 5.73 Å². The van der Waals surface area contributed by atoms with Gasteiger partial charge in [-0.25, -0.2) is 0 Å². The average Bonchev–Trinajstić information content (AvgIpc) is 2.26. The van der Waals surface area contributed by atoms with Crippen molar-refractivity contribution in [3.63, 3.8) is 0 Å². The topological polar surface area (TPSA) is 50.4 Å². The Morgan fingerprint density at radius 3 is 2.75 bits per heavy atom. The smallest absolute Gasteiger partial charge is 0.184 e. The third kappa shape index (κ3) is 2.77. The molecular weight excluding hydrogens is 170 g/mol. The van der Waals surface area contributed by atoms with E-state index in [-0.39, 0.29) is 5.11 Å². The zero-order chi connectivity index (χ0) is 9.19. The van der Waals surface area contributed by atoms with Crippen molar-refractivity contribution in [1.82, 2.24) is 5.43 Å². The molecule has 0 atom stereocenters. The lowest BCUT2D eigenvalue weighted by molar-refractivity contribution is 0.393. The van der Waals surface area contributed by atoms with Gasteiger partial charge in [-0.2, -0.15) is 5.10 Å². The fraction of sp³-hybridized carbons (Fsp3) is 0.750. The lowest BCUT2D eigenvalue weighted by Gasteiger charge is -2.13. The average molecular weight is 185 g/mol. The first-order valence-corrected chi connectivity index (χ1v) is 4.51. The molecule has 68 valence electrons. The van der Waals surface area contributed by atoms with Crippen molar-refractivity contribution in [2.24, 2.45) is 16.3 Å². The quantitative estimate of drug-likeness (QED) is 0.479. The number of thiocarbonyl (C=S) groups is 1. The highest BCUT2D eigenvalue weighted by molar-refractivity contribution is 7.80. The molecule has 0 aromatic rings. The van der Waals surface area contributed by atoms with E-state index in [4.69, 9.17) is 5.73 Å². The Balaban J connectivity index is 2.46. The maximum absolute atomic E-state index is 5.25. The van der Waals surface area contributed by atoms with Crippen molar-refractivity contribution in [1.29, 1.82) is 0 Å². The maximum Gasteiger partial charge on any atom is 0.184 e. The second-order valence-corrected chi connectivity index (χ2v) is 4.43. The molecule has 1 fully saturated rings. The number of nitrogens with one attached hydrogen (secondary N) is 1. The second-order valence-electron chi connectivity index (χ2n) is 4.00. The number of nitrogens with zero attached hydrogens (tertiary/aromatic N) is 1. The molecule has 0 saturated heterocycles. The first-order chi connectivity index (χ1) is 5.49. The van der Waals surface area contributed by atoms with Gasteiger partial charge in [0.2, 0.25) is 0 Å². The van der Waals surface area contributed by atoms with E-state index in [0.717, 1.165) is 12.8 Å². The molecule has 0 aromatic heterocycles. The molecule has 1 aliphatic rings. The van der Waals surface area contributed by atoms with E-state index in [0.29, 0.717) is 5.41 Å². The van der Waals surface area contributed by atoms with Crippen molar-refractivity contribution in [2.45, 2.75) is 33.1 Å². The van der Waals surface area contributed by atoms with Crippen molar-refractivity contribution < 1.29 is 0 Å². The van der Waals surface area contributed by atoms with Gasteiger partial charge in [0, 0.05) is 5.71 Å². The molecule has 3 N–H and O–H groups in total. The first-order valence-electron chi connectivity index (χ1n) is 4.10. The molecular formula is C8H15N3S. The summed E-state index contributed by atoms with van der Waals surface area (Å²) < 4.78 is 0. The summed E-state index contributed by atoms with van der Waals surface area (Å²) in [6, 6.07) is 0. The largest absolute Gasteiger partial charge is 0.375 e. The van der Waals surface area contributed by atoms with Crippen LogP contribution in [0.5, 0.6) is 0 Å². The van der Waals surface area contributed by atoms with Gasteiger partial charge in [0.1, 0.15) is 0 Å². The standard InChI is InChI=1S/C8H15N3S/c1-8(2)4-3-6(5-8)10-11-7(9)12/h3-5H2,1-2H3,(H3,9,11,12). The molecule has 0 aliphatic heterocycles. The van der Waals surface area contributed by atoms with Gasteiger partial charge in [-0.05, 0) is 36.9 Å². The van der Waals surface area contributed by atoms with Crippen LogP contribution < -0.4 is 11.2 Å². The molecule has 1 saturated carbocycles. The molecule has 3 nitrogen and oxygen atoms in total. The number of hydrogen-bond acceptors (Lipinski definition) is 2. The molecule has 0 radical (unpaired) electrons. The van der Waals surface area contributed by atoms with Crippen LogP contribution in [0.2, 0.25) is 0 Å². The minimum Gasteiger partial charge on any atom is -0.375 e. The Bertz CT molecular complexity index is 220. The summed E-state index contributed by atoms with van der Waals surface area (Å²) in [7, 11) is 0. The lowest BCUT2D eigenvalue weighted by Crippen LogP contribution is -2.25. The van der Waals surface area contributed by atoms with E-state index in [1.165, 1.54) is 12.1 Å². The summed E-state index contributed by atoms with van der Waals surface area (Å²) in [5, 5.41) is 4.36. The molecule has 12 heavy (non-hydrogen) atoms. The van der Waals surface area contributed by atoms with Crippen LogP contribution in [-0.4, -0.2) is 10.8 Å². The summed E-state index contributed by atoms with van der Waals surface area (Å²) in [6.07, 6.45) is 3.30. The van der Waals surface area contributed by atoms with E-state index in [1.54, 1.807) is 0 Å². The minimum absolute atomic E-state index is 0.243. The highest BCUT2D eigenvalue weighted by atomic mass is 32.1. The van der Waals surface area contributed by atoms with Crippen LogP contribution in [0.25, 0.3) is 0 Å². The van der Waals surface area contributed by atoms with Gasteiger partial charge >= 0.3 is 0 Å². The molecule has 0 unspecified atom stereocenters. The van der Waals surface area contributed by atoms with E-state index in [1.807, 2.05) is 0 Å². The number of rotatable bonds is 1. The van der Waals surface area contributed by atoms with Gasteiger partial charge in [-0.1, -0.05) is 13.8 Å². The molecule has 4 heteroatoms. The molecule has 0 aromatic carbocycles. The monoisotopic (exact) mass is 185 g/mol. The predicted octanol–water partition coefficient (Wildman–Crippen LogP) is 1.39. The Labute approximate surface area is 78.4 Å². The Morgan fingerprint density at radius 1 is 1.67 bits per heavy atom. The summed E-state index contributed by atoms with van der Waals surface area (Å²) in [5.41, 5.74) is 9.45. The molecule has 0 spiro atoms. The fourth-order valence-electron chi connectivity index (χ4n) is 1.44. The normalized spacial score (nSPS) is 24.3. The van der Waals surface area contributed by atoms with Gasteiger partial charge in [0.15, 0.2) is 5.11 Å². The molecule has 0 amide bonds. The molecule has 1 rings (SSSR count). The third-order valence-corrected chi connectivity index (χ3v) is 2.19. The highest BCUT2D eigenvalue weighted by Crippen LogP contribution is 2.34. The van der Waals surface area contributed by atoms with E-state index in [2.05, 4.69) is 36.6 Å². The Kier molecular flexibility index (Phi) is 2.67. The van der Waals surface area contributed by atoms with Crippen LogP contribution >= 0.6 is 12.2 Å². The van der Waals surface area contributed by atoms with E-state index >= 15 is 0 Å². The van der Waals surface area contributed by atoms with Crippen molar-refractivity contribution in [3.8, 4) is 0 Å². The Morgan fingerprint density at radius 2 is 2.33 bits per heavy atom. The number of nitrogens with two attached hydrogens (primary N) is 1. The Hall–Kier alpha value is -0.640. The highest BCUT2D eigenvalue weighted by Gasteiger charge is 2.27. The van der Waals surface area contributed by atoms with Gasteiger partial charge in [-0.3, -0.25) is 5.43 Å². The van der Waals surface area contributed by atoms with Crippen molar-refractivity contribution in [2.75, 3.05) is 0 Å². The number of hydrogen-bond donors (Lipinski definition) is 2. The van der Waals surface area contributed by atoms with E-state index in [9.17, 15) is 0 Å². The minimum atomic E-state index is 0.243.